The lowest BCUT2D eigenvalue weighted by atomic mass is 9.81. The summed E-state index contributed by atoms with van der Waals surface area (Å²) < 4.78 is 0. The average Bonchev–Trinajstić information content (AvgIpc) is 2.18. The second kappa shape index (κ2) is 5.38. The van der Waals surface area contributed by atoms with Crippen molar-refractivity contribution in [2.24, 2.45) is 11.3 Å². The molecule has 0 saturated heterocycles. The fourth-order valence-corrected chi connectivity index (χ4v) is 2.19. The zero-order valence-corrected chi connectivity index (χ0v) is 11.0. The molecular formula is C15H24O. The fraction of sp³-hybridized carbons (Fsp3) is 0.600. The molecule has 1 rings (SSSR count). The number of hydrogen-bond donors (Lipinski definition) is 1. The van der Waals surface area contributed by atoms with Gasteiger partial charge in [-0.2, -0.15) is 0 Å². The summed E-state index contributed by atoms with van der Waals surface area (Å²) in [6.45, 7) is 9.16. The highest BCUT2D eigenvalue weighted by Gasteiger charge is 2.17. The second-order valence-electron chi connectivity index (χ2n) is 5.91. The third-order valence-corrected chi connectivity index (χ3v) is 2.94. The summed E-state index contributed by atoms with van der Waals surface area (Å²) in [7, 11) is 0. The molecule has 16 heavy (non-hydrogen) atoms. The van der Waals surface area contributed by atoms with Crippen LogP contribution in [0.15, 0.2) is 24.3 Å². The highest BCUT2D eigenvalue weighted by Crippen LogP contribution is 2.28. The molecule has 0 aliphatic rings. The molecule has 90 valence electrons. The van der Waals surface area contributed by atoms with E-state index in [2.05, 4.69) is 27.7 Å². The molecule has 0 spiro atoms. The molecule has 1 aromatic carbocycles. The molecule has 1 unspecified atom stereocenters. The fourth-order valence-electron chi connectivity index (χ4n) is 2.19. The van der Waals surface area contributed by atoms with Crippen LogP contribution < -0.4 is 0 Å². The number of hydrogen-bond acceptors (Lipinski definition) is 1. The van der Waals surface area contributed by atoms with Gasteiger partial charge in [-0.25, -0.2) is 0 Å². The first-order chi connectivity index (χ1) is 7.40. The minimum atomic E-state index is 0.354. The van der Waals surface area contributed by atoms with Crippen molar-refractivity contribution in [2.45, 2.75) is 47.0 Å². The van der Waals surface area contributed by atoms with E-state index < -0.39 is 0 Å². The zero-order valence-electron chi connectivity index (χ0n) is 11.0. The van der Waals surface area contributed by atoms with Gasteiger partial charge < -0.3 is 5.11 Å². The third-order valence-electron chi connectivity index (χ3n) is 2.94. The van der Waals surface area contributed by atoms with Gasteiger partial charge in [-0.3, -0.25) is 0 Å². The van der Waals surface area contributed by atoms with Crippen molar-refractivity contribution < 1.29 is 5.11 Å². The first-order valence-electron chi connectivity index (χ1n) is 6.18. The molecule has 1 nitrogen and oxygen atoms in total. The van der Waals surface area contributed by atoms with Crippen LogP contribution in [0, 0.1) is 11.3 Å². The molecule has 0 bridgehead atoms. The topological polar surface area (TPSA) is 20.2 Å². The molecule has 1 heteroatoms. The molecule has 0 aliphatic heterocycles. The second-order valence-corrected chi connectivity index (χ2v) is 5.91. The van der Waals surface area contributed by atoms with Gasteiger partial charge in [0.15, 0.2) is 0 Å². The molecule has 0 radical (unpaired) electrons. The Hall–Kier alpha value is -0.980. The number of rotatable bonds is 4. The largest absolute Gasteiger partial charge is 0.508 e. The van der Waals surface area contributed by atoms with Crippen LogP contribution >= 0.6 is 0 Å². The Bertz CT molecular complexity index is 305. The molecule has 0 aliphatic carbocycles. The third kappa shape index (κ3) is 4.69. The number of aromatic hydroxyl groups is 1. The van der Waals surface area contributed by atoms with Gasteiger partial charge in [0.05, 0.1) is 0 Å². The molecular weight excluding hydrogens is 196 g/mol. The average molecular weight is 220 g/mol. The van der Waals surface area contributed by atoms with E-state index >= 15 is 0 Å². The molecule has 0 aromatic heterocycles. The van der Waals surface area contributed by atoms with Crippen molar-refractivity contribution in [1.29, 1.82) is 0 Å². The first-order valence-corrected chi connectivity index (χ1v) is 6.18. The van der Waals surface area contributed by atoms with Crippen LogP contribution in [0.4, 0.5) is 0 Å². The minimum Gasteiger partial charge on any atom is -0.508 e. The first kappa shape index (κ1) is 13.1. The Morgan fingerprint density at radius 3 is 2.12 bits per heavy atom. The van der Waals surface area contributed by atoms with E-state index in [9.17, 15) is 5.11 Å². The Morgan fingerprint density at radius 1 is 1.12 bits per heavy atom. The predicted molar refractivity (Wildman–Crippen MR) is 69.7 cm³/mol. The highest BCUT2D eigenvalue weighted by atomic mass is 16.3. The molecule has 0 fully saturated rings. The maximum absolute atomic E-state index is 9.23. The highest BCUT2D eigenvalue weighted by molar-refractivity contribution is 5.26. The van der Waals surface area contributed by atoms with Crippen molar-refractivity contribution in [3.05, 3.63) is 29.8 Å². The molecule has 0 saturated carbocycles. The quantitative estimate of drug-likeness (QED) is 0.797. The van der Waals surface area contributed by atoms with Crippen LogP contribution in [0.2, 0.25) is 0 Å². The van der Waals surface area contributed by atoms with Gasteiger partial charge in [0, 0.05) is 0 Å². The maximum Gasteiger partial charge on any atom is 0.115 e. The van der Waals surface area contributed by atoms with Crippen molar-refractivity contribution in [1.82, 2.24) is 0 Å². The van der Waals surface area contributed by atoms with Gasteiger partial charge in [0.25, 0.3) is 0 Å². The standard InChI is InChI=1S/C15H24O/c1-5-12(11-15(2,3)4)10-13-6-8-14(16)9-7-13/h6-9,12,16H,5,10-11H2,1-4H3. The van der Waals surface area contributed by atoms with Crippen LogP contribution in [-0.4, -0.2) is 5.11 Å². The van der Waals surface area contributed by atoms with Crippen molar-refractivity contribution in [3.63, 3.8) is 0 Å². The normalized spacial score (nSPS) is 13.8. The summed E-state index contributed by atoms with van der Waals surface area (Å²) in [5.41, 5.74) is 1.73. The van der Waals surface area contributed by atoms with Crippen LogP contribution in [0.3, 0.4) is 0 Å². The summed E-state index contributed by atoms with van der Waals surface area (Å²) in [5, 5.41) is 9.23. The van der Waals surface area contributed by atoms with Gasteiger partial charge in [-0.15, -0.1) is 0 Å². The van der Waals surface area contributed by atoms with Gasteiger partial charge in [0.1, 0.15) is 5.75 Å². The summed E-state index contributed by atoms with van der Waals surface area (Å²) >= 11 is 0. The van der Waals surface area contributed by atoms with Crippen LogP contribution in [-0.2, 0) is 6.42 Å². The lowest BCUT2D eigenvalue weighted by Gasteiger charge is -2.25. The SMILES string of the molecule is CCC(Cc1ccc(O)cc1)CC(C)(C)C. The predicted octanol–water partition coefficient (Wildman–Crippen LogP) is 4.40. The van der Waals surface area contributed by atoms with Crippen LogP contribution in [0.5, 0.6) is 5.75 Å². The van der Waals surface area contributed by atoms with E-state index in [4.69, 9.17) is 0 Å². The van der Waals surface area contributed by atoms with Gasteiger partial charge in [0.2, 0.25) is 0 Å². The molecule has 1 aromatic rings. The number of benzene rings is 1. The van der Waals surface area contributed by atoms with Gasteiger partial charge in [-0.05, 0) is 41.9 Å². The molecule has 1 N–H and O–H groups in total. The molecule has 0 heterocycles. The van der Waals surface area contributed by atoms with E-state index in [0.717, 1.165) is 12.3 Å². The Balaban J connectivity index is 2.60. The van der Waals surface area contributed by atoms with Crippen LogP contribution in [0.25, 0.3) is 0 Å². The molecule has 0 amide bonds. The Labute approximate surface area is 99.5 Å². The van der Waals surface area contributed by atoms with Crippen LogP contribution in [0.1, 0.15) is 46.1 Å². The Morgan fingerprint density at radius 2 is 1.69 bits per heavy atom. The maximum atomic E-state index is 9.23. The summed E-state index contributed by atoms with van der Waals surface area (Å²) in [6, 6.07) is 7.61. The smallest absolute Gasteiger partial charge is 0.115 e. The Kier molecular flexibility index (Phi) is 4.40. The number of phenols is 1. The van der Waals surface area contributed by atoms with E-state index in [1.807, 2.05) is 12.1 Å². The van der Waals surface area contributed by atoms with Crippen molar-refractivity contribution in [3.8, 4) is 5.75 Å². The van der Waals surface area contributed by atoms with E-state index in [-0.39, 0.29) is 0 Å². The zero-order chi connectivity index (χ0) is 12.2. The summed E-state index contributed by atoms with van der Waals surface area (Å²) in [4.78, 5) is 0. The van der Waals surface area contributed by atoms with E-state index in [1.54, 1.807) is 12.1 Å². The summed E-state index contributed by atoms with van der Waals surface area (Å²) in [5.74, 6) is 1.09. The lowest BCUT2D eigenvalue weighted by molar-refractivity contribution is 0.286. The van der Waals surface area contributed by atoms with E-state index in [1.165, 1.54) is 18.4 Å². The summed E-state index contributed by atoms with van der Waals surface area (Å²) in [6.07, 6.45) is 3.59. The van der Waals surface area contributed by atoms with Crippen molar-refractivity contribution in [2.75, 3.05) is 0 Å². The van der Waals surface area contributed by atoms with Crippen molar-refractivity contribution >= 4 is 0 Å². The minimum absolute atomic E-state index is 0.354. The lowest BCUT2D eigenvalue weighted by Crippen LogP contribution is -2.14. The monoisotopic (exact) mass is 220 g/mol. The van der Waals surface area contributed by atoms with Gasteiger partial charge >= 0.3 is 0 Å². The number of phenolic OH excluding ortho intramolecular Hbond substituents is 1. The molecule has 1 atom stereocenters. The van der Waals surface area contributed by atoms with Gasteiger partial charge in [-0.1, -0.05) is 46.2 Å². The van der Waals surface area contributed by atoms with E-state index in [0.29, 0.717) is 11.2 Å².